The van der Waals surface area contributed by atoms with E-state index in [-0.39, 0.29) is 5.56 Å². The van der Waals surface area contributed by atoms with Crippen molar-refractivity contribution in [3.8, 4) is 0 Å². The van der Waals surface area contributed by atoms with Crippen molar-refractivity contribution in [2.75, 3.05) is 0 Å². The topological polar surface area (TPSA) is 45.8 Å². The number of hydrogen-bond acceptors (Lipinski definition) is 3. The van der Waals surface area contributed by atoms with E-state index in [2.05, 4.69) is 10.2 Å². The molecule has 1 N–H and O–H groups in total. The van der Waals surface area contributed by atoms with Crippen LogP contribution in [-0.4, -0.2) is 10.2 Å². The molecular formula is C7H6N2OS. The molecule has 0 aliphatic carbocycles. The molecule has 56 valence electrons. The first-order valence-corrected chi connectivity index (χ1v) is 4.08. The lowest BCUT2D eigenvalue weighted by Crippen LogP contribution is -2.06. The molecule has 4 heteroatoms. The molecule has 0 radical (unpaired) electrons. The predicted molar refractivity (Wildman–Crippen MR) is 45.0 cm³/mol. The number of nitrogens with zero attached hydrogens (tertiary/aromatic N) is 1. The second kappa shape index (κ2) is 2.17. The third-order valence-electron chi connectivity index (χ3n) is 1.60. The average Bonchev–Trinajstić information content (AvgIpc) is 2.34. The van der Waals surface area contributed by atoms with Gasteiger partial charge in [0, 0.05) is 15.6 Å². The van der Waals surface area contributed by atoms with Crippen molar-refractivity contribution in [3.05, 3.63) is 26.8 Å². The van der Waals surface area contributed by atoms with Gasteiger partial charge in [-0.25, -0.2) is 5.10 Å². The van der Waals surface area contributed by atoms with Crippen LogP contribution in [0.3, 0.4) is 0 Å². The van der Waals surface area contributed by atoms with Gasteiger partial charge in [-0.3, -0.25) is 4.79 Å². The molecule has 0 fully saturated rings. The largest absolute Gasteiger partial charge is 0.273 e. The van der Waals surface area contributed by atoms with Crippen molar-refractivity contribution in [2.24, 2.45) is 0 Å². The summed E-state index contributed by atoms with van der Waals surface area (Å²) in [5.41, 5.74) is -0.0961. The van der Waals surface area contributed by atoms with E-state index < -0.39 is 0 Å². The number of hydrogen-bond donors (Lipinski definition) is 1. The van der Waals surface area contributed by atoms with Gasteiger partial charge in [0.05, 0.1) is 11.6 Å². The Labute approximate surface area is 66.7 Å². The number of nitrogens with one attached hydrogen (secondary N) is 1. The van der Waals surface area contributed by atoms with Gasteiger partial charge in [0.2, 0.25) is 0 Å². The standard InChI is InChI=1S/C7H6N2OS/c1-4-6-5(3-11-4)2-8-9-7(6)10/h2-3H,1H3,(H,9,10). The summed E-state index contributed by atoms with van der Waals surface area (Å²) in [5, 5.41) is 9.73. The van der Waals surface area contributed by atoms with Crippen molar-refractivity contribution in [2.45, 2.75) is 6.92 Å². The Balaban J connectivity index is 3.08. The summed E-state index contributed by atoms with van der Waals surface area (Å²) in [7, 11) is 0. The molecule has 2 aromatic rings. The third-order valence-corrected chi connectivity index (χ3v) is 2.53. The summed E-state index contributed by atoms with van der Waals surface area (Å²) >= 11 is 1.57. The first-order chi connectivity index (χ1) is 5.29. The second-order valence-corrected chi connectivity index (χ2v) is 3.41. The molecule has 2 aromatic heterocycles. The lowest BCUT2D eigenvalue weighted by molar-refractivity contribution is 1.01. The number of H-pyrrole nitrogens is 1. The van der Waals surface area contributed by atoms with Gasteiger partial charge in [0.15, 0.2) is 0 Å². The van der Waals surface area contributed by atoms with Crippen LogP contribution in [0, 0.1) is 6.92 Å². The van der Waals surface area contributed by atoms with Crippen molar-refractivity contribution in [1.82, 2.24) is 10.2 Å². The Kier molecular flexibility index (Phi) is 1.29. The van der Waals surface area contributed by atoms with Crippen LogP contribution in [0.1, 0.15) is 4.88 Å². The lowest BCUT2D eigenvalue weighted by atomic mass is 10.3. The molecule has 2 rings (SSSR count). The van der Waals surface area contributed by atoms with Gasteiger partial charge >= 0.3 is 0 Å². The number of thiophene rings is 1. The zero-order chi connectivity index (χ0) is 7.84. The first-order valence-electron chi connectivity index (χ1n) is 3.20. The fraction of sp³-hybridized carbons (Fsp3) is 0.143. The van der Waals surface area contributed by atoms with Gasteiger partial charge in [0.1, 0.15) is 0 Å². The fourth-order valence-corrected chi connectivity index (χ4v) is 1.89. The summed E-state index contributed by atoms with van der Waals surface area (Å²) in [4.78, 5) is 12.2. The molecule has 3 nitrogen and oxygen atoms in total. The highest BCUT2D eigenvalue weighted by molar-refractivity contribution is 7.11. The Bertz CT molecular complexity index is 443. The van der Waals surface area contributed by atoms with E-state index in [0.717, 1.165) is 15.6 Å². The molecule has 0 unspecified atom stereocenters. The van der Waals surface area contributed by atoms with Gasteiger partial charge in [0.25, 0.3) is 5.56 Å². The van der Waals surface area contributed by atoms with Crippen molar-refractivity contribution in [3.63, 3.8) is 0 Å². The van der Waals surface area contributed by atoms with E-state index in [0.29, 0.717) is 0 Å². The number of aryl methyl sites for hydroxylation is 1. The number of rotatable bonds is 0. The molecule has 11 heavy (non-hydrogen) atoms. The van der Waals surface area contributed by atoms with E-state index in [1.807, 2.05) is 12.3 Å². The fourth-order valence-electron chi connectivity index (χ4n) is 1.08. The molecule has 0 aliphatic rings. The van der Waals surface area contributed by atoms with Crippen LogP contribution in [-0.2, 0) is 0 Å². The zero-order valence-corrected chi connectivity index (χ0v) is 6.73. The van der Waals surface area contributed by atoms with E-state index >= 15 is 0 Å². The average molecular weight is 166 g/mol. The normalized spacial score (nSPS) is 10.6. The smallest absolute Gasteiger partial charge is 0.267 e. The zero-order valence-electron chi connectivity index (χ0n) is 5.92. The molecule has 0 aliphatic heterocycles. The Hall–Kier alpha value is -1.16. The quantitative estimate of drug-likeness (QED) is 0.641. The second-order valence-electron chi connectivity index (χ2n) is 2.32. The summed E-state index contributed by atoms with van der Waals surface area (Å²) in [6, 6.07) is 0. The maximum atomic E-state index is 11.1. The molecule has 0 atom stereocenters. The minimum Gasteiger partial charge on any atom is -0.267 e. The van der Waals surface area contributed by atoms with Crippen LogP contribution in [0.4, 0.5) is 0 Å². The van der Waals surface area contributed by atoms with Gasteiger partial charge in [-0.05, 0) is 6.92 Å². The molecule has 0 aromatic carbocycles. The Morgan fingerprint density at radius 2 is 2.45 bits per heavy atom. The molecular weight excluding hydrogens is 160 g/mol. The van der Waals surface area contributed by atoms with Crippen LogP contribution >= 0.6 is 11.3 Å². The highest BCUT2D eigenvalue weighted by atomic mass is 32.1. The van der Waals surface area contributed by atoms with Gasteiger partial charge in [-0.2, -0.15) is 5.10 Å². The van der Waals surface area contributed by atoms with Crippen LogP contribution < -0.4 is 5.56 Å². The van der Waals surface area contributed by atoms with E-state index in [1.54, 1.807) is 17.5 Å². The van der Waals surface area contributed by atoms with E-state index in [1.165, 1.54) is 0 Å². The summed E-state index contributed by atoms with van der Waals surface area (Å²) in [5.74, 6) is 0. The van der Waals surface area contributed by atoms with Crippen molar-refractivity contribution < 1.29 is 0 Å². The minimum atomic E-state index is -0.0961. The minimum absolute atomic E-state index is 0.0961. The maximum Gasteiger partial charge on any atom is 0.273 e. The molecule has 0 amide bonds. The molecule has 0 spiro atoms. The Morgan fingerprint density at radius 1 is 1.64 bits per heavy atom. The number of aromatic nitrogens is 2. The highest BCUT2D eigenvalue weighted by Gasteiger charge is 2.02. The van der Waals surface area contributed by atoms with Crippen LogP contribution in [0.15, 0.2) is 16.4 Å². The van der Waals surface area contributed by atoms with Gasteiger partial charge < -0.3 is 0 Å². The number of aromatic amines is 1. The highest BCUT2D eigenvalue weighted by Crippen LogP contribution is 2.19. The van der Waals surface area contributed by atoms with Crippen LogP contribution in [0.2, 0.25) is 0 Å². The monoisotopic (exact) mass is 166 g/mol. The number of fused-ring (bicyclic) bond motifs is 1. The van der Waals surface area contributed by atoms with Crippen molar-refractivity contribution >= 4 is 22.1 Å². The maximum absolute atomic E-state index is 11.1. The molecule has 0 saturated carbocycles. The lowest BCUT2D eigenvalue weighted by Gasteiger charge is -1.86. The summed E-state index contributed by atoms with van der Waals surface area (Å²) in [6.07, 6.45) is 1.67. The SMILES string of the molecule is Cc1scc2cn[nH]c(=O)c12. The summed E-state index contributed by atoms with van der Waals surface area (Å²) in [6.45, 7) is 1.93. The van der Waals surface area contributed by atoms with Gasteiger partial charge in [-0.1, -0.05) is 0 Å². The van der Waals surface area contributed by atoms with Crippen molar-refractivity contribution in [1.29, 1.82) is 0 Å². The van der Waals surface area contributed by atoms with Crippen LogP contribution in [0.25, 0.3) is 10.8 Å². The van der Waals surface area contributed by atoms with Crippen LogP contribution in [0.5, 0.6) is 0 Å². The molecule has 0 bridgehead atoms. The third kappa shape index (κ3) is 0.867. The predicted octanol–water partition coefficient (Wildman–Crippen LogP) is 1.29. The van der Waals surface area contributed by atoms with E-state index in [9.17, 15) is 4.79 Å². The van der Waals surface area contributed by atoms with Gasteiger partial charge in [-0.15, -0.1) is 11.3 Å². The molecule has 2 heterocycles. The van der Waals surface area contributed by atoms with E-state index in [4.69, 9.17) is 0 Å². The first kappa shape index (κ1) is 6.54. The molecule has 0 saturated heterocycles. The Morgan fingerprint density at radius 3 is 3.18 bits per heavy atom. The summed E-state index contributed by atoms with van der Waals surface area (Å²) < 4.78 is 0.